The first-order valence-corrected chi connectivity index (χ1v) is 12.1. The second-order valence-corrected chi connectivity index (χ2v) is 8.30. The van der Waals surface area contributed by atoms with E-state index in [2.05, 4.69) is 6.58 Å². The highest BCUT2D eigenvalue weighted by molar-refractivity contribution is 5.98. The molecule has 6 nitrogen and oxygen atoms in total. The summed E-state index contributed by atoms with van der Waals surface area (Å²) in [6, 6.07) is 9.17. The van der Waals surface area contributed by atoms with Crippen molar-refractivity contribution in [3.8, 4) is 0 Å². The summed E-state index contributed by atoms with van der Waals surface area (Å²) in [7, 11) is 0. The first kappa shape index (κ1) is 30.1. The standard InChI is InChI=1S/C30H36O6/c1-5-8-14-23(29(33)34)20-26(22-15-12-11-13-16-22)24(17-9-6-2)25(18-10-7-3)27(30(35)36)19-21(4)28(31)32/h6,9,11-13,15-17,19-20H,2,5,7-8,10,14,18H2,1,3-4H3,(H,31,32)(H,33,34)(H,35,36). The molecule has 1 rings (SSSR count). The molecular formula is C30H36O6. The van der Waals surface area contributed by atoms with Crippen molar-refractivity contribution in [3.63, 3.8) is 0 Å². The highest BCUT2D eigenvalue weighted by Gasteiger charge is 2.20. The van der Waals surface area contributed by atoms with Crippen molar-refractivity contribution in [2.75, 3.05) is 0 Å². The summed E-state index contributed by atoms with van der Waals surface area (Å²) in [5, 5.41) is 29.4. The van der Waals surface area contributed by atoms with Gasteiger partial charge in [-0.15, -0.1) is 0 Å². The number of carbonyl (C=O) groups is 3. The van der Waals surface area contributed by atoms with E-state index in [1.165, 1.54) is 13.0 Å². The number of unbranched alkanes of at least 4 members (excludes halogenated alkanes) is 2. The Kier molecular flexibility index (Phi) is 13.3. The van der Waals surface area contributed by atoms with Crippen LogP contribution in [0.3, 0.4) is 0 Å². The van der Waals surface area contributed by atoms with Crippen LogP contribution in [0.25, 0.3) is 5.57 Å². The van der Waals surface area contributed by atoms with E-state index in [0.717, 1.165) is 12.8 Å². The molecule has 0 saturated carbocycles. The fourth-order valence-corrected chi connectivity index (χ4v) is 3.56. The number of rotatable bonds is 15. The molecule has 0 saturated heterocycles. The van der Waals surface area contributed by atoms with Crippen LogP contribution in [0.1, 0.15) is 64.9 Å². The third-order valence-electron chi connectivity index (χ3n) is 5.53. The molecule has 0 aliphatic rings. The molecule has 0 heterocycles. The maximum atomic E-state index is 12.4. The molecule has 0 bridgehead atoms. The van der Waals surface area contributed by atoms with Crippen molar-refractivity contribution in [1.82, 2.24) is 0 Å². The van der Waals surface area contributed by atoms with Gasteiger partial charge in [0.05, 0.1) is 5.57 Å². The molecule has 0 aromatic heterocycles. The van der Waals surface area contributed by atoms with E-state index in [-0.39, 0.29) is 16.7 Å². The molecule has 0 atom stereocenters. The van der Waals surface area contributed by atoms with Crippen molar-refractivity contribution in [2.45, 2.75) is 59.3 Å². The molecule has 0 spiro atoms. The van der Waals surface area contributed by atoms with Gasteiger partial charge in [-0.3, -0.25) is 0 Å². The van der Waals surface area contributed by atoms with Gasteiger partial charge in [0.1, 0.15) is 0 Å². The summed E-state index contributed by atoms with van der Waals surface area (Å²) in [4.78, 5) is 36.0. The lowest BCUT2D eigenvalue weighted by atomic mass is 9.86. The summed E-state index contributed by atoms with van der Waals surface area (Å²) in [6.07, 6.45) is 11.4. The summed E-state index contributed by atoms with van der Waals surface area (Å²) in [6.45, 7) is 9.03. The van der Waals surface area contributed by atoms with Crippen molar-refractivity contribution in [3.05, 3.63) is 101 Å². The van der Waals surface area contributed by atoms with Gasteiger partial charge >= 0.3 is 17.9 Å². The van der Waals surface area contributed by atoms with Gasteiger partial charge in [0.2, 0.25) is 0 Å². The predicted octanol–water partition coefficient (Wildman–Crippen LogP) is 6.99. The number of hydrogen-bond acceptors (Lipinski definition) is 3. The Morgan fingerprint density at radius 1 is 0.833 bits per heavy atom. The lowest BCUT2D eigenvalue weighted by Crippen LogP contribution is -2.09. The van der Waals surface area contributed by atoms with Crippen molar-refractivity contribution in [1.29, 1.82) is 0 Å². The van der Waals surface area contributed by atoms with Gasteiger partial charge in [0, 0.05) is 11.1 Å². The zero-order valence-electron chi connectivity index (χ0n) is 21.3. The number of carboxylic acid groups (broad SMARTS) is 3. The number of allylic oxidation sites excluding steroid dienone is 7. The van der Waals surface area contributed by atoms with Crippen molar-refractivity contribution < 1.29 is 29.7 Å². The van der Waals surface area contributed by atoms with E-state index in [9.17, 15) is 29.7 Å². The second kappa shape index (κ2) is 15.9. The Morgan fingerprint density at radius 2 is 1.44 bits per heavy atom. The third-order valence-corrected chi connectivity index (χ3v) is 5.53. The van der Waals surface area contributed by atoms with Gasteiger partial charge in [-0.25, -0.2) is 14.4 Å². The number of hydrogen-bond donors (Lipinski definition) is 3. The minimum Gasteiger partial charge on any atom is -0.478 e. The monoisotopic (exact) mass is 492 g/mol. The molecule has 0 aliphatic carbocycles. The first-order chi connectivity index (χ1) is 17.2. The van der Waals surface area contributed by atoms with Crippen LogP contribution in [0.15, 0.2) is 95.2 Å². The van der Waals surface area contributed by atoms with E-state index < -0.39 is 17.9 Å². The Bertz CT molecular complexity index is 1100. The Hall–Kier alpha value is -3.93. The molecule has 1 aromatic carbocycles. The fraction of sp³-hybridized carbons (Fsp3) is 0.300. The van der Waals surface area contributed by atoms with Gasteiger partial charge in [0.15, 0.2) is 0 Å². The van der Waals surface area contributed by atoms with E-state index in [4.69, 9.17) is 0 Å². The van der Waals surface area contributed by atoms with Gasteiger partial charge in [0.25, 0.3) is 0 Å². The van der Waals surface area contributed by atoms with Crippen LogP contribution in [-0.4, -0.2) is 33.2 Å². The largest absolute Gasteiger partial charge is 0.478 e. The molecule has 1 aromatic rings. The fourth-order valence-electron chi connectivity index (χ4n) is 3.56. The third kappa shape index (κ3) is 9.37. The van der Waals surface area contributed by atoms with E-state index in [1.807, 2.05) is 44.2 Å². The summed E-state index contributed by atoms with van der Waals surface area (Å²) >= 11 is 0. The van der Waals surface area contributed by atoms with E-state index in [0.29, 0.717) is 48.0 Å². The normalized spacial score (nSPS) is 13.8. The van der Waals surface area contributed by atoms with Crippen LogP contribution in [0.4, 0.5) is 0 Å². The molecule has 0 radical (unpaired) electrons. The Morgan fingerprint density at radius 3 is 1.94 bits per heavy atom. The second-order valence-electron chi connectivity index (χ2n) is 8.30. The predicted molar refractivity (Wildman–Crippen MR) is 144 cm³/mol. The summed E-state index contributed by atoms with van der Waals surface area (Å²) in [5.41, 5.74) is 2.17. The highest BCUT2D eigenvalue weighted by Crippen LogP contribution is 2.33. The minimum atomic E-state index is -1.26. The molecule has 0 aliphatic heterocycles. The first-order valence-electron chi connectivity index (χ1n) is 12.1. The average Bonchev–Trinajstić information content (AvgIpc) is 2.85. The van der Waals surface area contributed by atoms with E-state index >= 15 is 0 Å². The lowest BCUT2D eigenvalue weighted by Gasteiger charge is -2.18. The number of carboxylic acids is 3. The molecule has 6 heteroatoms. The van der Waals surface area contributed by atoms with Gasteiger partial charge in [-0.1, -0.05) is 81.8 Å². The summed E-state index contributed by atoms with van der Waals surface area (Å²) in [5.74, 6) is -3.51. The van der Waals surface area contributed by atoms with Crippen LogP contribution in [0, 0.1) is 0 Å². The van der Waals surface area contributed by atoms with Crippen LogP contribution < -0.4 is 0 Å². The summed E-state index contributed by atoms with van der Waals surface area (Å²) < 4.78 is 0. The number of benzene rings is 1. The van der Waals surface area contributed by atoms with Gasteiger partial charge in [-0.2, -0.15) is 0 Å². The van der Waals surface area contributed by atoms with Gasteiger partial charge < -0.3 is 15.3 Å². The molecular weight excluding hydrogens is 456 g/mol. The van der Waals surface area contributed by atoms with Crippen LogP contribution in [-0.2, 0) is 14.4 Å². The zero-order chi connectivity index (χ0) is 27.1. The topological polar surface area (TPSA) is 112 Å². The van der Waals surface area contributed by atoms with Crippen LogP contribution >= 0.6 is 0 Å². The van der Waals surface area contributed by atoms with Crippen molar-refractivity contribution in [2.24, 2.45) is 0 Å². The Balaban J connectivity index is 4.29. The maximum absolute atomic E-state index is 12.4. The lowest BCUT2D eigenvalue weighted by molar-refractivity contribution is -0.133. The molecule has 0 amide bonds. The quantitative estimate of drug-likeness (QED) is 0.180. The van der Waals surface area contributed by atoms with E-state index in [1.54, 1.807) is 24.3 Å². The highest BCUT2D eigenvalue weighted by atomic mass is 16.4. The smallest absolute Gasteiger partial charge is 0.335 e. The molecule has 0 fully saturated rings. The van der Waals surface area contributed by atoms with Crippen LogP contribution in [0.5, 0.6) is 0 Å². The SMILES string of the molecule is C=CC=CC(C(CCCC)=C(C=C(C)C(=O)O)C(=O)O)=C(C=C(CCCC)C(=O)O)c1ccccc1. The Labute approximate surface area is 213 Å². The molecule has 3 N–H and O–H groups in total. The minimum absolute atomic E-state index is 0.112. The maximum Gasteiger partial charge on any atom is 0.335 e. The molecule has 192 valence electrons. The molecule has 36 heavy (non-hydrogen) atoms. The molecule has 0 unspecified atom stereocenters. The van der Waals surface area contributed by atoms with Crippen molar-refractivity contribution >= 4 is 23.5 Å². The van der Waals surface area contributed by atoms with Gasteiger partial charge in [-0.05, 0) is 67.0 Å². The average molecular weight is 493 g/mol. The van der Waals surface area contributed by atoms with Crippen LogP contribution in [0.2, 0.25) is 0 Å². The number of aliphatic carboxylic acids is 3. The zero-order valence-corrected chi connectivity index (χ0v) is 21.3.